The van der Waals surface area contributed by atoms with Crippen molar-refractivity contribution in [2.75, 3.05) is 52.9 Å². The maximum atomic E-state index is 12.7. The Labute approximate surface area is 128 Å². The zero-order valence-corrected chi connectivity index (χ0v) is 13.8. The molecular formula is C14H28N4O2S. The van der Waals surface area contributed by atoms with Crippen LogP contribution in [0.15, 0.2) is 0 Å². The molecule has 0 radical (unpaired) electrons. The van der Waals surface area contributed by atoms with E-state index in [-0.39, 0.29) is 0 Å². The maximum absolute atomic E-state index is 12.7. The summed E-state index contributed by atoms with van der Waals surface area (Å²) >= 11 is 0. The van der Waals surface area contributed by atoms with Crippen LogP contribution in [-0.2, 0) is 10.2 Å². The Bertz CT molecular complexity index is 436. The topological polar surface area (TPSA) is 55.9 Å². The molecule has 0 aromatic rings. The molecule has 3 fully saturated rings. The zero-order valence-electron chi connectivity index (χ0n) is 13.0. The number of rotatable bonds is 5. The fourth-order valence-electron chi connectivity index (χ4n) is 3.54. The molecule has 21 heavy (non-hydrogen) atoms. The first-order chi connectivity index (χ1) is 10.1. The van der Waals surface area contributed by atoms with E-state index in [0.717, 1.165) is 38.5 Å². The average molecular weight is 316 g/mol. The van der Waals surface area contributed by atoms with Crippen LogP contribution >= 0.6 is 0 Å². The quantitative estimate of drug-likeness (QED) is 0.772. The number of hydrogen-bond donors (Lipinski definition) is 1. The van der Waals surface area contributed by atoms with Gasteiger partial charge in [0.15, 0.2) is 0 Å². The minimum absolute atomic E-state index is 0.619. The van der Waals surface area contributed by atoms with E-state index >= 15 is 0 Å². The maximum Gasteiger partial charge on any atom is 0.282 e. The molecule has 0 amide bonds. The minimum Gasteiger partial charge on any atom is -0.319 e. The number of hydrogen-bond acceptors (Lipinski definition) is 4. The summed E-state index contributed by atoms with van der Waals surface area (Å²) in [5.41, 5.74) is 0. The molecule has 6 nitrogen and oxygen atoms in total. The number of piperazine rings is 1. The van der Waals surface area contributed by atoms with Gasteiger partial charge < -0.3 is 5.32 Å². The highest BCUT2D eigenvalue weighted by Crippen LogP contribution is 2.28. The lowest BCUT2D eigenvalue weighted by Gasteiger charge is -2.39. The van der Waals surface area contributed by atoms with E-state index in [1.165, 1.54) is 12.8 Å². The van der Waals surface area contributed by atoms with Gasteiger partial charge in [-0.1, -0.05) is 0 Å². The normalized spacial score (nSPS) is 28.0. The molecule has 0 unspecified atom stereocenters. The monoisotopic (exact) mass is 316 g/mol. The minimum atomic E-state index is -3.23. The van der Waals surface area contributed by atoms with Gasteiger partial charge in [0.25, 0.3) is 10.2 Å². The molecule has 0 bridgehead atoms. The molecule has 0 atom stereocenters. The van der Waals surface area contributed by atoms with E-state index in [1.807, 2.05) is 7.05 Å². The fourth-order valence-corrected chi connectivity index (χ4v) is 5.16. The highest BCUT2D eigenvalue weighted by Gasteiger charge is 2.37. The van der Waals surface area contributed by atoms with Crippen molar-refractivity contribution < 1.29 is 8.42 Å². The molecule has 7 heteroatoms. The van der Waals surface area contributed by atoms with Gasteiger partial charge in [-0.3, -0.25) is 4.90 Å². The van der Waals surface area contributed by atoms with Crippen LogP contribution in [0.25, 0.3) is 0 Å². The standard InChI is InChI=1S/C14H28N4O2S/c1-15-12-13-4-6-17(7-5-13)21(19,20)18-10-8-16(9-11-18)14-2-3-14/h13-15H,2-12H2,1H3. The Hall–Kier alpha value is -0.210. The van der Waals surface area contributed by atoms with Gasteiger partial charge in [-0.05, 0) is 45.2 Å². The molecule has 0 aromatic heterocycles. The second-order valence-electron chi connectivity index (χ2n) is 6.57. The Morgan fingerprint density at radius 3 is 2.00 bits per heavy atom. The SMILES string of the molecule is CNCC1CCN(S(=O)(=O)N2CCN(C3CC3)CC2)CC1. The molecule has 0 spiro atoms. The lowest BCUT2D eigenvalue weighted by atomic mass is 9.98. The van der Waals surface area contributed by atoms with Crippen LogP contribution in [0, 0.1) is 5.92 Å². The van der Waals surface area contributed by atoms with Gasteiger partial charge in [-0.25, -0.2) is 0 Å². The molecule has 1 N–H and O–H groups in total. The summed E-state index contributed by atoms with van der Waals surface area (Å²) in [5.74, 6) is 0.619. The van der Waals surface area contributed by atoms with Crippen molar-refractivity contribution in [3.63, 3.8) is 0 Å². The van der Waals surface area contributed by atoms with Crippen molar-refractivity contribution >= 4 is 10.2 Å². The van der Waals surface area contributed by atoms with Crippen LogP contribution < -0.4 is 5.32 Å². The molecule has 1 saturated carbocycles. The molecule has 2 saturated heterocycles. The van der Waals surface area contributed by atoms with Crippen molar-refractivity contribution in [3.05, 3.63) is 0 Å². The van der Waals surface area contributed by atoms with E-state index < -0.39 is 10.2 Å². The van der Waals surface area contributed by atoms with E-state index in [9.17, 15) is 8.42 Å². The van der Waals surface area contributed by atoms with Gasteiger partial charge in [0.1, 0.15) is 0 Å². The van der Waals surface area contributed by atoms with Crippen molar-refractivity contribution in [1.29, 1.82) is 0 Å². The van der Waals surface area contributed by atoms with Crippen LogP contribution in [0.1, 0.15) is 25.7 Å². The predicted molar refractivity (Wildman–Crippen MR) is 83.3 cm³/mol. The number of nitrogens with zero attached hydrogens (tertiary/aromatic N) is 3. The fraction of sp³-hybridized carbons (Fsp3) is 1.00. The Kier molecular flexibility index (Phi) is 4.85. The second-order valence-corrected chi connectivity index (χ2v) is 8.50. The summed E-state index contributed by atoms with van der Waals surface area (Å²) < 4.78 is 28.8. The summed E-state index contributed by atoms with van der Waals surface area (Å²) in [6.07, 6.45) is 4.54. The van der Waals surface area contributed by atoms with Gasteiger partial charge in [-0.15, -0.1) is 0 Å². The van der Waals surface area contributed by atoms with E-state index in [4.69, 9.17) is 0 Å². The Balaban J connectivity index is 1.52. The molecule has 1 aliphatic carbocycles. The first kappa shape index (κ1) is 15.7. The Morgan fingerprint density at radius 1 is 0.905 bits per heavy atom. The third kappa shape index (κ3) is 3.59. The van der Waals surface area contributed by atoms with Crippen molar-refractivity contribution in [1.82, 2.24) is 18.8 Å². The third-order valence-electron chi connectivity index (χ3n) is 5.06. The third-order valence-corrected chi connectivity index (χ3v) is 7.09. The average Bonchev–Trinajstić information content (AvgIpc) is 3.33. The summed E-state index contributed by atoms with van der Waals surface area (Å²) in [5, 5.41) is 3.19. The Morgan fingerprint density at radius 2 is 1.48 bits per heavy atom. The van der Waals surface area contributed by atoms with Crippen LogP contribution in [0.4, 0.5) is 0 Å². The molecule has 122 valence electrons. The molecule has 2 heterocycles. The van der Waals surface area contributed by atoms with E-state index in [2.05, 4.69) is 10.2 Å². The van der Waals surface area contributed by atoms with Gasteiger partial charge in [0.05, 0.1) is 0 Å². The van der Waals surface area contributed by atoms with Crippen molar-refractivity contribution in [2.24, 2.45) is 5.92 Å². The van der Waals surface area contributed by atoms with E-state index in [1.54, 1.807) is 8.61 Å². The summed E-state index contributed by atoms with van der Waals surface area (Å²) in [4.78, 5) is 2.45. The summed E-state index contributed by atoms with van der Waals surface area (Å²) in [6, 6.07) is 0.743. The van der Waals surface area contributed by atoms with Crippen molar-refractivity contribution in [3.8, 4) is 0 Å². The predicted octanol–water partition coefficient (Wildman–Crippen LogP) is -0.0574. The lowest BCUT2D eigenvalue weighted by Crippen LogP contribution is -2.54. The van der Waals surface area contributed by atoms with Gasteiger partial charge in [-0.2, -0.15) is 17.0 Å². The zero-order chi connectivity index (χ0) is 14.9. The first-order valence-corrected chi connectivity index (χ1v) is 9.65. The summed E-state index contributed by atoms with van der Waals surface area (Å²) in [7, 11) is -1.27. The van der Waals surface area contributed by atoms with Gasteiger partial charge >= 0.3 is 0 Å². The van der Waals surface area contributed by atoms with Crippen molar-refractivity contribution in [2.45, 2.75) is 31.7 Å². The first-order valence-electron chi connectivity index (χ1n) is 8.25. The number of piperidine rings is 1. The second kappa shape index (κ2) is 6.50. The highest BCUT2D eigenvalue weighted by molar-refractivity contribution is 7.86. The molecule has 3 aliphatic rings. The van der Waals surface area contributed by atoms with Crippen LogP contribution in [0.3, 0.4) is 0 Å². The van der Waals surface area contributed by atoms with Gasteiger partial charge in [0, 0.05) is 45.3 Å². The number of nitrogens with one attached hydrogen (secondary N) is 1. The molecule has 3 rings (SSSR count). The summed E-state index contributed by atoms with van der Waals surface area (Å²) in [6.45, 7) is 5.48. The largest absolute Gasteiger partial charge is 0.319 e. The van der Waals surface area contributed by atoms with Crippen LogP contribution in [0.5, 0.6) is 0 Å². The van der Waals surface area contributed by atoms with Crippen LogP contribution in [-0.4, -0.2) is 80.8 Å². The molecule has 2 aliphatic heterocycles. The highest BCUT2D eigenvalue weighted by atomic mass is 32.2. The molecular weight excluding hydrogens is 288 g/mol. The lowest BCUT2D eigenvalue weighted by molar-refractivity contribution is 0.169. The van der Waals surface area contributed by atoms with Crippen LogP contribution in [0.2, 0.25) is 0 Å². The smallest absolute Gasteiger partial charge is 0.282 e. The molecule has 0 aromatic carbocycles. The van der Waals surface area contributed by atoms with Gasteiger partial charge in [0.2, 0.25) is 0 Å². The van der Waals surface area contributed by atoms with E-state index in [0.29, 0.717) is 32.1 Å².